The van der Waals surface area contributed by atoms with Crippen LogP contribution in [0.5, 0.6) is 0 Å². The van der Waals surface area contributed by atoms with E-state index < -0.39 is 23.6 Å². The molecule has 1 aromatic carbocycles. The van der Waals surface area contributed by atoms with E-state index in [2.05, 4.69) is 5.32 Å². The molecule has 220 valence electrons. The first kappa shape index (κ1) is 29.1. The monoisotopic (exact) mass is 592 g/mol. The van der Waals surface area contributed by atoms with Crippen LogP contribution < -0.4 is 5.32 Å². The predicted octanol–water partition coefficient (Wildman–Crippen LogP) is 4.18. The lowest BCUT2D eigenvalue weighted by molar-refractivity contribution is -0.243. The zero-order valence-electron chi connectivity index (χ0n) is 22.3. The van der Waals surface area contributed by atoms with Crippen molar-refractivity contribution in [2.24, 2.45) is 0 Å². The fourth-order valence-electron chi connectivity index (χ4n) is 4.88. The molecule has 9 nitrogen and oxygen atoms in total. The van der Waals surface area contributed by atoms with Gasteiger partial charge < -0.3 is 19.5 Å². The van der Waals surface area contributed by atoms with E-state index in [-0.39, 0.29) is 54.9 Å². The number of alkyl halides is 3. The van der Waals surface area contributed by atoms with Crippen molar-refractivity contribution in [3.63, 3.8) is 0 Å². The summed E-state index contributed by atoms with van der Waals surface area (Å²) in [7, 11) is 0. The molecule has 5 rings (SSSR count). The summed E-state index contributed by atoms with van der Waals surface area (Å²) in [6.07, 6.45) is -0.850. The van der Waals surface area contributed by atoms with E-state index in [1.165, 1.54) is 27.8 Å². The topological polar surface area (TPSA) is 95.3 Å². The molecule has 1 aromatic heterocycles. The van der Waals surface area contributed by atoms with Crippen LogP contribution in [0, 0.1) is 0 Å². The first-order valence-electron chi connectivity index (χ1n) is 13.5. The Labute approximate surface area is 239 Å². The summed E-state index contributed by atoms with van der Waals surface area (Å²) in [5, 5.41) is 4.28. The molecule has 2 aromatic rings. The zero-order valence-corrected chi connectivity index (χ0v) is 23.1. The number of carbonyl (C=O) groups excluding carboxylic acids is 3. The van der Waals surface area contributed by atoms with Crippen LogP contribution in [0.15, 0.2) is 64.4 Å². The van der Waals surface area contributed by atoms with Crippen LogP contribution in [0.3, 0.4) is 0 Å². The number of amides is 2. The number of rotatable bonds is 10. The molecule has 1 atom stereocenters. The molecule has 0 saturated heterocycles. The van der Waals surface area contributed by atoms with E-state index >= 15 is 0 Å². The van der Waals surface area contributed by atoms with Crippen molar-refractivity contribution in [3.8, 4) is 0 Å². The normalized spacial score (nSPS) is 19.7. The van der Waals surface area contributed by atoms with Crippen molar-refractivity contribution in [2.45, 2.75) is 62.1 Å². The highest BCUT2D eigenvalue weighted by Gasteiger charge is 2.49. The van der Waals surface area contributed by atoms with E-state index in [0.717, 1.165) is 29.9 Å². The Kier molecular flexibility index (Phi) is 8.93. The Hall–Kier alpha value is -3.45. The highest BCUT2D eigenvalue weighted by atomic mass is 32.2. The van der Waals surface area contributed by atoms with E-state index in [0.29, 0.717) is 18.8 Å². The van der Waals surface area contributed by atoms with Crippen molar-refractivity contribution in [3.05, 3.63) is 71.3 Å². The zero-order chi connectivity index (χ0) is 29.0. The summed E-state index contributed by atoms with van der Waals surface area (Å²) in [4.78, 5) is 46.8. The van der Waals surface area contributed by atoms with Gasteiger partial charge in [0.25, 0.3) is 5.91 Å². The van der Waals surface area contributed by atoms with Crippen molar-refractivity contribution < 1.29 is 36.8 Å². The van der Waals surface area contributed by atoms with Gasteiger partial charge in [-0.15, -0.1) is 11.8 Å². The Morgan fingerprint density at radius 1 is 1.12 bits per heavy atom. The number of nitrogens with zero attached hydrogens (tertiary/aromatic N) is 3. The van der Waals surface area contributed by atoms with Crippen LogP contribution in [-0.2, 0) is 32.3 Å². The molecule has 3 heterocycles. The van der Waals surface area contributed by atoms with Gasteiger partial charge in [-0.1, -0.05) is 36.8 Å². The molecule has 1 N–H and O–H groups in total. The van der Waals surface area contributed by atoms with Crippen LogP contribution in [0.25, 0.3) is 0 Å². The Morgan fingerprint density at radius 2 is 1.90 bits per heavy atom. The highest BCUT2D eigenvalue weighted by Crippen LogP contribution is 2.43. The first-order chi connectivity index (χ1) is 19.7. The quantitative estimate of drug-likeness (QED) is 0.411. The number of nitrogens with one attached hydrogen (secondary N) is 1. The molecule has 2 aliphatic heterocycles. The van der Waals surface area contributed by atoms with Crippen LogP contribution >= 0.6 is 11.8 Å². The molecule has 1 fully saturated rings. The lowest BCUT2D eigenvalue weighted by Crippen LogP contribution is -2.58. The minimum atomic E-state index is -5.22. The number of carbonyl (C=O) groups is 3. The summed E-state index contributed by atoms with van der Waals surface area (Å²) in [5.41, 5.74) is 0.410. The number of hydrogen-bond donors (Lipinski definition) is 1. The van der Waals surface area contributed by atoms with Crippen LogP contribution in [0.1, 0.15) is 43.4 Å². The fraction of sp³-hybridized carbons (Fsp3) is 0.464. The molecule has 0 spiro atoms. The van der Waals surface area contributed by atoms with Crippen LogP contribution in [0.2, 0.25) is 0 Å². The van der Waals surface area contributed by atoms with Crippen molar-refractivity contribution in [2.75, 3.05) is 19.6 Å². The fourth-order valence-corrected chi connectivity index (χ4v) is 6.43. The number of halogens is 3. The Balaban J connectivity index is 1.35. The van der Waals surface area contributed by atoms with Gasteiger partial charge in [0, 0.05) is 37.7 Å². The second kappa shape index (κ2) is 12.6. The minimum Gasteiger partial charge on any atom is -0.467 e. The average Bonchev–Trinajstić information content (AvgIpc) is 3.45. The smallest absolute Gasteiger partial charge is 0.467 e. The third-order valence-electron chi connectivity index (χ3n) is 7.29. The molecule has 1 saturated carbocycles. The second-order valence-electron chi connectivity index (χ2n) is 10.1. The maximum Gasteiger partial charge on any atom is 0.493 e. The molecular weight excluding hydrogens is 561 g/mol. The first-order valence-corrected chi connectivity index (χ1v) is 14.5. The number of hydroxylamine groups is 2. The van der Waals surface area contributed by atoms with Crippen molar-refractivity contribution in [1.82, 2.24) is 20.2 Å². The molecule has 2 amide bonds. The van der Waals surface area contributed by atoms with Crippen LogP contribution in [-0.4, -0.2) is 69.2 Å². The number of furan rings is 1. The van der Waals surface area contributed by atoms with Crippen LogP contribution in [0.4, 0.5) is 13.2 Å². The maximum atomic E-state index is 13.9. The summed E-state index contributed by atoms with van der Waals surface area (Å²) < 4.78 is 45.4. The number of benzene rings is 1. The van der Waals surface area contributed by atoms with E-state index in [1.807, 2.05) is 30.3 Å². The van der Waals surface area contributed by atoms with E-state index in [1.54, 1.807) is 12.1 Å². The predicted molar refractivity (Wildman–Crippen MR) is 143 cm³/mol. The number of thioether (sulfide) groups is 1. The van der Waals surface area contributed by atoms with E-state index in [4.69, 9.17) is 9.25 Å². The molecule has 3 aliphatic rings. The number of hydrogen-bond acceptors (Lipinski definition) is 8. The molecule has 0 bridgehead atoms. The molecule has 13 heteroatoms. The summed E-state index contributed by atoms with van der Waals surface area (Å²) in [6.45, 7) is 1.07. The summed E-state index contributed by atoms with van der Waals surface area (Å²) >= 11 is 1.30. The SMILES string of the molecule is O=C(CCNCc1ccccc1)N1CCC2=C(C1)C(=O)N(Cc1ccco1)C(SC1CCC1)N2OC(=O)C(F)(F)F. The standard InChI is InChI=1S/C28H31F3N4O5S/c29-28(30,31)26(38)40-35-23-12-14-33(24(36)11-13-32-16-19-6-2-1-3-7-19)18-22(23)25(37)34(17-20-8-5-15-39-20)27(35)41-21-9-4-10-21/h1-3,5-8,15,21,27,32H,4,9-14,16-18H2. The summed E-state index contributed by atoms with van der Waals surface area (Å²) in [5.74, 6) is -2.55. The summed E-state index contributed by atoms with van der Waals surface area (Å²) in [6, 6.07) is 13.1. The lowest BCUT2D eigenvalue weighted by atomic mass is 10.00. The lowest BCUT2D eigenvalue weighted by Gasteiger charge is -2.48. The molecule has 41 heavy (non-hydrogen) atoms. The van der Waals surface area contributed by atoms with Gasteiger partial charge in [-0.05, 0) is 30.5 Å². The minimum absolute atomic E-state index is 0.0373. The van der Waals surface area contributed by atoms with Gasteiger partial charge in [0.2, 0.25) is 5.91 Å². The van der Waals surface area contributed by atoms with Gasteiger partial charge in [-0.2, -0.15) is 18.2 Å². The average molecular weight is 593 g/mol. The van der Waals surface area contributed by atoms with Crippen molar-refractivity contribution >= 4 is 29.5 Å². The van der Waals surface area contributed by atoms with Gasteiger partial charge in [-0.3, -0.25) is 14.5 Å². The third-order valence-corrected chi connectivity index (χ3v) is 8.84. The molecule has 1 unspecified atom stereocenters. The third kappa shape index (κ3) is 6.89. The largest absolute Gasteiger partial charge is 0.493 e. The Morgan fingerprint density at radius 3 is 2.56 bits per heavy atom. The molecule has 1 aliphatic carbocycles. The molecule has 0 radical (unpaired) electrons. The van der Waals surface area contributed by atoms with Gasteiger partial charge in [-0.25, -0.2) is 4.79 Å². The molecular formula is C28H31F3N4O5S. The van der Waals surface area contributed by atoms with Crippen molar-refractivity contribution in [1.29, 1.82) is 0 Å². The van der Waals surface area contributed by atoms with Gasteiger partial charge in [0.15, 0.2) is 5.50 Å². The highest BCUT2D eigenvalue weighted by molar-refractivity contribution is 8.00. The van der Waals surface area contributed by atoms with Gasteiger partial charge in [0.1, 0.15) is 5.76 Å². The van der Waals surface area contributed by atoms with Gasteiger partial charge in [0.05, 0.1) is 30.6 Å². The van der Waals surface area contributed by atoms with E-state index in [9.17, 15) is 27.6 Å². The maximum absolute atomic E-state index is 13.9. The van der Waals surface area contributed by atoms with Gasteiger partial charge >= 0.3 is 12.1 Å². The second-order valence-corrected chi connectivity index (χ2v) is 11.5. The Bertz CT molecular complexity index is 1270.